The Morgan fingerprint density at radius 1 is 1.00 bits per heavy atom. The zero-order valence-electron chi connectivity index (χ0n) is 11.3. The fourth-order valence-electron chi connectivity index (χ4n) is 2.80. The largest absolute Gasteiger partial charge is 0.464 e. The van der Waals surface area contributed by atoms with E-state index in [4.69, 9.17) is 0 Å². The van der Waals surface area contributed by atoms with Crippen molar-refractivity contribution >= 4 is 12.2 Å². The van der Waals surface area contributed by atoms with E-state index in [2.05, 4.69) is 4.74 Å². The van der Waals surface area contributed by atoms with E-state index in [9.17, 15) is 14.7 Å². The minimum Gasteiger partial charge on any atom is -0.464 e. The number of carbonyl (C=O) groups excluding carboxylic acids is 1. The van der Waals surface area contributed by atoms with E-state index in [-0.39, 0.29) is 0 Å². The molecule has 0 unspecified atom stereocenters. The minimum atomic E-state index is -1.33. The van der Waals surface area contributed by atoms with Gasteiger partial charge in [0.15, 0.2) is 0 Å². The van der Waals surface area contributed by atoms with Crippen LogP contribution in [0.25, 0.3) is 11.1 Å². The molecule has 0 aliphatic heterocycles. The molecular formula is C16H13NO4. The lowest BCUT2D eigenvalue weighted by Crippen LogP contribution is -2.38. The Bertz CT molecular complexity index is 680. The maximum Gasteiger partial charge on any atom is 0.419 e. The van der Waals surface area contributed by atoms with Crippen LogP contribution in [-0.4, -0.2) is 29.3 Å². The van der Waals surface area contributed by atoms with Gasteiger partial charge in [-0.25, -0.2) is 14.5 Å². The van der Waals surface area contributed by atoms with Gasteiger partial charge in [0, 0.05) is 0 Å². The molecule has 2 aromatic carbocycles. The predicted octanol–water partition coefficient (Wildman–Crippen LogP) is 3.50. The molecule has 1 aliphatic rings. The van der Waals surface area contributed by atoms with Crippen molar-refractivity contribution in [2.45, 2.75) is 6.04 Å². The molecule has 0 saturated carbocycles. The highest BCUT2D eigenvalue weighted by molar-refractivity contribution is 5.91. The van der Waals surface area contributed by atoms with Crippen LogP contribution in [0.4, 0.5) is 9.59 Å². The summed E-state index contributed by atoms with van der Waals surface area (Å²) in [5.74, 6) is 0. The first-order chi connectivity index (χ1) is 10.1. The fourth-order valence-corrected chi connectivity index (χ4v) is 2.80. The van der Waals surface area contributed by atoms with Crippen LogP contribution in [0.3, 0.4) is 0 Å². The maximum atomic E-state index is 11.9. The van der Waals surface area contributed by atoms with Crippen LogP contribution < -0.4 is 0 Å². The lowest BCUT2D eigenvalue weighted by Gasteiger charge is -2.24. The number of carbonyl (C=O) groups is 2. The van der Waals surface area contributed by atoms with Gasteiger partial charge in [-0.15, -0.1) is 0 Å². The number of methoxy groups -OCH3 is 1. The average molecular weight is 283 g/mol. The van der Waals surface area contributed by atoms with Gasteiger partial charge >= 0.3 is 12.2 Å². The molecule has 0 heterocycles. The van der Waals surface area contributed by atoms with Crippen molar-refractivity contribution in [1.29, 1.82) is 0 Å². The number of fused-ring (bicyclic) bond motifs is 3. The third-order valence-corrected chi connectivity index (χ3v) is 3.64. The summed E-state index contributed by atoms with van der Waals surface area (Å²) in [5, 5.41) is 9.41. The zero-order valence-corrected chi connectivity index (χ0v) is 11.3. The summed E-state index contributed by atoms with van der Waals surface area (Å²) >= 11 is 0. The van der Waals surface area contributed by atoms with E-state index in [0.717, 1.165) is 27.2 Å². The summed E-state index contributed by atoms with van der Waals surface area (Å²) < 4.78 is 4.62. The molecule has 5 heteroatoms. The van der Waals surface area contributed by atoms with Gasteiger partial charge in [0.2, 0.25) is 0 Å². The molecule has 0 radical (unpaired) electrons. The Morgan fingerprint density at radius 3 is 1.90 bits per heavy atom. The molecule has 106 valence electrons. The molecule has 5 nitrogen and oxygen atoms in total. The summed E-state index contributed by atoms with van der Waals surface area (Å²) in [6.45, 7) is 0. The topological polar surface area (TPSA) is 66.8 Å². The summed E-state index contributed by atoms with van der Waals surface area (Å²) in [6, 6.07) is 14.3. The second kappa shape index (κ2) is 4.94. The summed E-state index contributed by atoms with van der Waals surface area (Å²) in [4.78, 5) is 24.1. The van der Waals surface area contributed by atoms with Crippen molar-refractivity contribution in [2.75, 3.05) is 7.11 Å². The summed E-state index contributed by atoms with van der Waals surface area (Å²) in [5.41, 5.74) is 3.44. The normalized spacial score (nSPS) is 12.4. The quantitative estimate of drug-likeness (QED) is 0.869. The second-order valence-electron chi connectivity index (χ2n) is 4.70. The molecule has 1 aliphatic carbocycles. The number of benzene rings is 2. The molecule has 0 fully saturated rings. The fraction of sp³-hybridized carbons (Fsp3) is 0.125. The smallest absolute Gasteiger partial charge is 0.419 e. The lowest BCUT2D eigenvalue weighted by molar-refractivity contribution is 0.0998. The van der Waals surface area contributed by atoms with Crippen molar-refractivity contribution < 1.29 is 19.4 Å². The van der Waals surface area contributed by atoms with E-state index in [1.807, 2.05) is 48.5 Å². The highest BCUT2D eigenvalue weighted by atomic mass is 16.6. The lowest BCUT2D eigenvalue weighted by atomic mass is 10.0. The number of carboxylic acid groups (broad SMARTS) is 1. The SMILES string of the molecule is COC(=O)N(C(=O)O)C1c2ccccc2-c2ccccc21. The number of nitrogens with zero attached hydrogens (tertiary/aromatic N) is 1. The highest BCUT2D eigenvalue weighted by Crippen LogP contribution is 2.46. The Hall–Kier alpha value is -2.82. The van der Waals surface area contributed by atoms with Crippen molar-refractivity contribution in [1.82, 2.24) is 4.90 Å². The molecule has 0 atom stereocenters. The van der Waals surface area contributed by atoms with Crippen LogP contribution in [0, 0.1) is 0 Å². The molecule has 0 spiro atoms. The second-order valence-corrected chi connectivity index (χ2v) is 4.70. The van der Waals surface area contributed by atoms with Gasteiger partial charge in [-0.05, 0) is 22.3 Å². The first kappa shape index (κ1) is 13.2. The number of amides is 2. The number of ether oxygens (including phenoxy) is 1. The first-order valence-corrected chi connectivity index (χ1v) is 6.43. The van der Waals surface area contributed by atoms with Gasteiger partial charge in [0.1, 0.15) is 0 Å². The van der Waals surface area contributed by atoms with Gasteiger partial charge in [0.25, 0.3) is 0 Å². The Labute approximate surface area is 121 Å². The van der Waals surface area contributed by atoms with Crippen LogP contribution in [0.2, 0.25) is 0 Å². The molecule has 0 saturated heterocycles. The molecule has 0 bridgehead atoms. The average Bonchev–Trinajstić information content (AvgIpc) is 2.82. The molecule has 0 aromatic heterocycles. The minimum absolute atomic E-state index is 0.678. The van der Waals surface area contributed by atoms with Crippen molar-refractivity contribution in [3.05, 3.63) is 59.7 Å². The van der Waals surface area contributed by atoms with E-state index < -0.39 is 18.2 Å². The molecular weight excluding hydrogens is 270 g/mol. The summed E-state index contributed by atoms with van der Waals surface area (Å²) in [6.07, 6.45) is -2.22. The number of hydrogen-bond acceptors (Lipinski definition) is 3. The van der Waals surface area contributed by atoms with E-state index in [1.54, 1.807) is 0 Å². The van der Waals surface area contributed by atoms with Gasteiger partial charge in [-0.2, -0.15) is 0 Å². The molecule has 1 N–H and O–H groups in total. The van der Waals surface area contributed by atoms with Crippen LogP contribution in [0.15, 0.2) is 48.5 Å². The Balaban J connectivity index is 2.22. The van der Waals surface area contributed by atoms with Crippen molar-refractivity contribution in [2.24, 2.45) is 0 Å². The predicted molar refractivity (Wildman–Crippen MR) is 76.0 cm³/mol. The standard InChI is InChI=1S/C16H13NO4/c1-21-16(20)17(15(18)19)14-12-8-4-2-6-10(12)11-7-3-5-9-13(11)14/h2-9,14H,1H3,(H,18,19). The monoisotopic (exact) mass is 283 g/mol. The number of rotatable bonds is 1. The molecule has 2 aromatic rings. The van der Waals surface area contributed by atoms with E-state index in [0.29, 0.717) is 0 Å². The molecule has 21 heavy (non-hydrogen) atoms. The van der Waals surface area contributed by atoms with E-state index in [1.165, 1.54) is 7.11 Å². The Kier molecular flexibility index (Phi) is 3.10. The first-order valence-electron chi connectivity index (χ1n) is 6.43. The Morgan fingerprint density at radius 2 is 1.48 bits per heavy atom. The van der Waals surface area contributed by atoms with Gasteiger partial charge in [-0.1, -0.05) is 48.5 Å². The summed E-state index contributed by atoms with van der Waals surface area (Å²) in [7, 11) is 1.17. The highest BCUT2D eigenvalue weighted by Gasteiger charge is 2.39. The van der Waals surface area contributed by atoms with Gasteiger partial charge < -0.3 is 9.84 Å². The third-order valence-electron chi connectivity index (χ3n) is 3.64. The van der Waals surface area contributed by atoms with Gasteiger partial charge in [0.05, 0.1) is 13.2 Å². The zero-order chi connectivity index (χ0) is 15.0. The maximum absolute atomic E-state index is 11.9. The molecule has 2 amide bonds. The van der Waals surface area contributed by atoms with E-state index >= 15 is 0 Å². The van der Waals surface area contributed by atoms with Gasteiger partial charge in [-0.3, -0.25) is 0 Å². The van der Waals surface area contributed by atoms with Crippen LogP contribution >= 0.6 is 0 Å². The van der Waals surface area contributed by atoms with Crippen molar-refractivity contribution in [3.8, 4) is 11.1 Å². The van der Waals surface area contributed by atoms with Crippen molar-refractivity contribution in [3.63, 3.8) is 0 Å². The van der Waals surface area contributed by atoms with Crippen LogP contribution in [-0.2, 0) is 4.74 Å². The van der Waals surface area contributed by atoms with Crippen LogP contribution in [0.5, 0.6) is 0 Å². The molecule has 3 rings (SSSR count). The number of hydrogen-bond donors (Lipinski definition) is 1. The van der Waals surface area contributed by atoms with Crippen LogP contribution in [0.1, 0.15) is 17.2 Å². The number of imide groups is 1. The third kappa shape index (κ3) is 1.94.